The Morgan fingerprint density at radius 2 is 1.84 bits per heavy atom. The number of hydrogen-bond donors (Lipinski definition) is 1. The van der Waals surface area contributed by atoms with Crippen LogP contribution >= 0.6 is 0 Å². The van der Waals surface area contributed by atoms with Gasteiger partial charge in [0.05, 0.1) is 21.2 Å². The Kier molecular flexibility index (Phi) is 6.32. The Morgan fingerprint density at radius 3 is 2.56 bits per heavy atom. The minimum atomic E-state index is -3.86. The Morgan fingerprint density at radius 1 is 1.09 bits per heavy atom. The van der Waals surface area contributed by atoms with Gasteiger partial charge >= 0.3 is 0 Å². The van der Waals surface area contributed by atoms with E-state index >= 15 is 0 Å². The highest BCUT2D eigenvalue weighted by molar-refractivity contribution is 7.89. The van der Waals surface area contributed by atoms with E-state index < -0.39 is 14.9 Å². The standard InChI is InChI=1S/C24H27N3O4S/c1-2-3-4-5-6-11-23-24-21(20-9-7-8-10-22(20)25-24)16-17-26(23)32(30,31)19-14-12-18(13-15-19)27(28)29/h7-15,25H,2-6,16-17H2,1H3/b23-11-. The maximum atomic E-state index is 13.5. The summed E-state index contributed by atoms with van der Waals surface area (Å²) in [7, 11) is -3.86. The lowest BCUT2D eigenvalue weighted by atomic mass is 10.0. The molecule has 0 saturated heterocycles. The number of nitrogens with zero attached hydrogens (tertiary/aromatic N) is 2. The van der Waals surface area contributed by atoms with E-state index in [9.17, 15) is 18.5 Å². The number of fused-ring (bicyclic) bond motifs is 3. The molecule has 4 rings (SSSR count). The fourth-order valence-corrected chi connectivity index (χ4v) is 5.76. The topological polar surface area (TPSA) is 96.3 Å². The lowest BCUT2D eigenvalue weighted by Gasteiger charge is -2.31. The third-order valence-corrected chi connectivity index (χ3v) is 7.76. The fourth-order valence-electron chi connectivity index (χ4n) is 4.27. The Bertz CT molecular complexity index is 1260. The van der Waals surface area contributed by atoms with E-state index in [1.165, 1.54) is 28.6 Å². The molecule has 0 saturated carbocycles. The lowest BCUT2D eigenvalue weighted by molar-refractivity contribution is -0.384. The van der Waals surface area contributed by atoms with Gasteiger partial charge in [0, 0.05) is 29.6 Å². The molecule has 0 aliphatic carbocycles. The maximum absolute atomic E-state index is 13.5. The number of nitrogens with one attached hydrogen (secondary N) is 1. The number of para-hydroxylation sites is 1. The van der Waals surface area contributed by atoms with Gasteiger partial charge in [-0.2, -0.15) is 0 Å². The molecule has 1 aliphatic heterocycles. The molecule has 0 spiro atoms. The summed E-state index contributed by atoms with van der Waals surface area (Å²) in [6.07, 6.45) is 7.81. The number of nitro benzene ring substituents is 1. The molecule has 168 valence electrons. The molecular formula is C24H27N3O4S. The number of hydrogen-bond acceptors (Lipinski definition) is 4. The highest BCUT2D eigenvalue weighted by Crippen LogP contribution is 2.37. The number of H-pyrrole nitrogens is 1. The van der Waals surface area contributed by atoms with Crippen molar-refractivity contribution >= 4 is 32.3 Å². The van der Waals surface area contributed by atoms with E-state index in [0.29, 0.717) is 18.7 Å². The van der Waals surface area contributed by atoms with Crippen molar-refractivity contribution in [2.24, 2.45) is 0 Å². The van der Waals surface area contributed by atoms with E-state index in [1.807, 2.05) is 24.3 Å². The van der Waals surface area contributed by atoms with Gasteiger partial charge in [-0.1, -0.05) is 50.5 Å². The minimum absolute atomic E-state index is 0.0551. The van der Waals surface area contributed by atoms with E-state index in [2.05, 4.69) is 18.0 Å². The first-order valence-corrected chi connectivity index (χ1v) is 12.4. The second-order valence-electron chi connectivity index (χ2n) is 8.04. The summed E-state index contributed by atoms with van der Waals surface area (Å²) < 4.78 is 28.5. The molecule has 0 amide bonds. The van der Waals surface area contributed by atoms with Crippen LogP contribution in [-0.2, 0) is 16.4 Å². The van der Waals surface area contributed by atoms with E-state index in [1.54, 1.807) is 0 Å². The van der Waals surface area contributed by atoms with Crippen LogP contribution in [-0.4, -0.2) is 29.2 Å². The van der Waals surface area contributed by atoms with Crippen LogP contribution in [0.2, 0.25) is 0 Å². The first-order valence-electron chi connectivity index (χ1n) is 11.0. The lowest BCUT2D eigenvalue weighted by Crippen LogP contribution is -2.35. The average Bonchev–Trinajstić information content (AvgIpc) is 3.18. The molecule has 2 aromatic carbocycles. The van der Waals surface area contributed by atoms with Crippen molar-refractivity contribution in [3.63, 3.8) is 0 Å². The van der Waals surface area contributed by atoms with Crippen LogP contribution in [0.5, 0.6) is 0 Å². The summed E-state index contributed by atoms with van der Waals surface area (Å²) in [5.41, 5.74) is 3.50. The number of benzene rings is 2. The van der Waals surface area contributed by atoms with E-state index in [4.69, 9.17) is 0 Å². The molecule has 1 aliphatic rings. The van der Waals surface area contributed by atoms with Crippen LogP contribution < -0.4 is 0 Å². The molecule has 1 aromatic heterocycles. The van der Waals surface area contributed by atoms with Crippen molar-refractivity contribution < 1.29 is 13.3 Å². The first kappa shape index (κ1) is 22.1. The van der Waals surface area contributed by atoms with Crippen molar-refractivity contribution in [2.75, 3.05) is 6.54 Å². The molecule has 3 aromatic rings. The molecule has 1 N–H and O–H groups in total. The van der Waals surface area contributed by atoms with Crippen LogP contribution in [0.1, 0.15) is 50.3 Å². The Labute approximate surface area is 188 Å². The summed E-state index contributed by atoms with van der Waals surface area (Å²) in [5, 5.41) is 12.1. The first-order chi connectivity index (χ1) is 15.4. The number of nitro groups is 1. The van der Waals surface area contributed by atoms with Gasteiger partial charge in [0.15, 0.2) is 0 Å². The average molecular weight is 454 g/mol. The Hall–Kier alpha value is -3.13. The van der Waals surface area contributed by atoms with Gasteiger partial charge in [0.25, 0.3) is 15.7 Å². The normalized spacial score (nSPS) is 15.3. The number of allylic oxidation sites excluding steroid dienone is 1. The molecule has 7 nitrogen and oxygen atoms in total. The van der Waals surface area contributed by atoms with Crippen LogP contribution in [0.15, 0.2) is 59.5 Å². The third kappa shape index (κ3) is 4.14. The fraction of sp³-hybridized carbons (Fsp3) is 0.333. The summed E-state index contributed by atoms with van der Waals surface area (Å²) in [4.78, 5) is 13.9. The summed E-state index contributed by atoms with van der Waals surface area (Å²) >= 11 is 0. The number of sulfonamides is 1. The second-order valence-corrected chi connectivity index (χ2v) is 9.90. The summed E-state index contributed by atoms with van der Waals surface area (Å²) in [5.74, 6) is 0. The second kappa shape index (κ2) is 9.16. The molecule has 0 bridgehead atoms. The predicted octanol–water partition coefficient (Wildman–Crippen LogP) is 5.63. The number of non-ortho nitro benzene ring substituents is 1. The number of unbranched alkanes of at least 4 members (excludes halogenated alkanes) is 4. The van der Waals surface area contributed by atoms with Crippen molar-refractivity contribution in [3.8, 4) is 0 Å². The van der Waals surface area contributed by atoms with Gasteiger partial charge in [-0.3, -0.25) is 14.4 Å². The van der Waals surface area contributed by atoms with Crippen molar-refractivity contribution in [1.29, 1.82) is 0 Å². The van der Waals surface area contributed by atoms with Gasteiger partial charge in [0.2, 0.25) is 0 Å². The van der Waals surface area contributed by atoms with Crippen molar-refractivity contribution in [2.45, 2.75) is 50.3 Å². The van der Waals surface area contributed by atoms with Crippen LogP contribution in [0.25, 0.3) is 16.6 Å². The Balaban J connectivity index is 1.74. The molecule has 0 unspecified atom stereocenters. The number of aromatic nitrogens is 1. The number of rotatable bonds is 8. The molecule has 0 radical (unpaired) electrons. The maximum Gasteiger partial charge on any atom is 0.269 e. The van der Waals surface area contributed by atoms with Crippen molar-refractivity contribution in [3.05, 3.63) is 76.0 Å². The zero-order chi connectivity index (χ0) is 22.7. The van der Waals surface area contributed by atoms with E-state index in [0.717, 1.165) is 54.3 Å². The summed E-state index contributed by atoms with van der Waals surface area (Å²) in [6, 6.07) is 13.1. The monoisotopic (exact) mass is 453 g/mol. The SMILES string of the molecule is CCCCCC/C=C1/c2[nH]c3ccccc3c2CCN1S(=O)(=O)c1ccc([N+](=O)[O-])cc1. The number of aromatic amines is 1. The molecule has 0 fully saturated rings. The molecule has 32 heavy (non-hydrogen) atoms. The predicted molar refractivity (Wildman–Crippen MR) is 126 cm³/mol. The third-order valence-electron chi connectivity index (χ3n) is 5.93. The molecule has 8 heteroatoms. The van der Waals surface area contributed by atoms with E-state index in [-0.39, 0.29) is 10.6 Å². The van der Waals surface area contributed by atoms with Crippen LogP contribution in [0.4, 0.5) is 5.69 Å². The van der Waals surface area contributed by atoms with Crippen LogP contribution in [0.3, 0.4) is 0 Å². The van der Waals surface area contributed by atoms with Crippen LogP contribution in [0, 0.1) is 10.1 Å². The summed E-state index contributed by atoms with van der Waals surface area (Å²) in [6.45, 7) is 2.49. The van der Waals surface area contributed by atoms with Gasteiger partial charge in [0.1, 0.15) is 0 Å². The largest absolute Gasteiger partial charge is 0.353 e. The molecule has 2 heterocycles. The van der Waals surface area contributed by atoms with Crippen molar-refractivity contribution in [1.82, 2.24) is 9.29 Å². The molecular weight excluding hydrogens is 426 g/mol. The minimum Gasteiger partial charge on any atom is -0.353 e. The van der Waals surface area contributed by atoms with Gasteiger partial charge in [-0.25, -0.2) is 8.42 Å². The smallest absolute Gasteiger partial charge is 0.269 e. The molecule has 0 atom stereocenters. The van der Waals surface area contributed by atoms with Gasteiger partial charge in [-0.15, -0.1) is 0 Å². The zero-order valence-electron chi connectivity index (χ0n) is 18.1. The highest BCUT2D eigenvalue weighted by atomic mass is 32.2. The zero-order valence-corrected chi connectivity index (χ0v) is 18.9. The quantitative estimate of drug-likeness (QED) is 0.271. The van der Waals surface area contributed by atoms with Gasteiger partial charge < -0.3 is 4.98 Å². The van der Waals surface area contributed by atoms with Gasteiger partial charge in [-0.05, 0) is 43.0 Å². The highest BCUT2D eigenvalue weighted by Gasteiger charge is 2.33.